The summed E-state index contributed by atoms with van der Waals surface area (Å²) in [5, 5.41) is 3.88. The molecule has 18 heavy (non-hydrogen) atoms. The molecule has 0 aliphatic carbocycles. The Balaban J connectivity index is 2.40. The monoisotopic (exact) mass is 378 g/mol. The lowest BCUT2D eigenvalue weighted by Crippen LogP contribution is -2.24. The normalized spacial score (nSPS) is 10.7. The van der Waals surface area contributed by atoms with Gasteiger partial charge >= 0.3 is 0 Å². The molecule has 2 rings (SSSR count). The molecule has 1 aromatic carbocycles. The Morgan fingerprint density at radius 3 is 2.39 bits per heavy atom. The van der Waals surface area contributed by atoms with E-state index >= 15 is 0 Å². The average molecular weight is 380 g/mol. The van der Waals surface area contributed by atoms with Gasteiger partial charge in [0.25, 0.3) is 5.56 Å². The van der Waals surface area contributed by atoms with Crippen molar-refractivity contribution >= 4 is 31.9 Å². The molecule has 94 valence electrons. The van der Waals surface area contributed by atoms with Gasteiger partial charge < -0.3 is 0 Å². The van der Waals surface area contributed by atoms with Crippen molar-refractivity contribution < 1.29 is 8.78 Å². The summed E-state index contributed by atoms with van der Waals surface area (Å²) in [6.45, 7) is -0.000602. The maximum Gasteiger partial charge on any atom is 0.282 e. The fraction of sp³-hybridized carbons (Fsp3) is 0.0909. The highest BCUT2D eigenvalue weighted by atomic mass is 79.9. The summed E-state index contributed by atoms with van der Waals surface area (Å²) >= 11 is 6.25. The predicted molar refractivity (Wildman–Crippen MR) is 69.4 cm³/mol. The van der Waals surface area contributed by atoms with E-state index in [2.05, 4.69) is 37.0 Å². The third-order valence-electron chi connectivity index (χ3n) is 2.20. The average Bonchev–Trinajstić information content (AvgIpc) is 2.29. The second-order valence-corrected chi connectivity index (χ2v) is 5.19. The van der Waals surface area contributed by atoms with E-state index in [0.29, 0.717) is 14.5 Å². The van der Waals surface area contributed by atoms with E-state index in [-0.39, 0.29) is 12.1 Å². The van der Waals surface area contributed by atoms with Crippen LogP contribution in [0, 0.1) is 11.6 Å². The SMILES string of the molecule is O=c1c(Br)c(Br)cnn1Cc1cc(F)cc(F)c1. The molecule has 0 bridgehead atoms. The first-order valence-electron chi connectivity index (χ1n) is 4.83. The summed E-state index contributed by atoms with van der Waals surface area (Å²) in [5.74, 6) is -1.37. The number of benzene rings is 1. The number of aromatic nitrogens is 2. The predicted octanol–water partition coefficient (Wildman–Crippen LogP) is 3.09. The molecule has 0 amide bonds. The van der Waals surface area contributed by atoms with Crippen LogP contribution in [-0.2, 0) is 6.54 Å². The van der Waals surface area contributed by atoms with Gasteiger partial charge in [-0.3, -0.25) is 4.79 Å². The van der Waals surface area contributed by atoms with Crippen molar-refractivity contribution in [2.45, 2.75) is 6.54 Å². The highest BCUT2D eigenvalue weighted by Gasteiger charge is 2.08. The van der Waals surface area contributed by atoms with Gasteiger partial charge in [-0.15, -0.1) is 0 Å². The molecule has 2 aromatic rings. The van der Waals surface area contributed by atoms with E-state index in [9.17, 15) is 13.6 Å². The van der Waals surface area contributed by atoms with E-state index in [1.165, 1.54) is 6.20 Å². The Kier molecular flexibility index (Phi) is 3.91. The zero-order chi connectivity index (χ0) is 13.3. The topological polar surface area (TPSA) is 34.9 Å². The quantitative estimate of drug-likeness (QED) is 0.803. The number of nitrogens with zero attached hydrogens (tertiary/aromatic N) is 2. The molecule has 0 saturated heterocycles. The summed E-state index contributed by atoms with van der Waals surface area (Å²) in [4.78, 5) is 11.8. The van der Waals surface area contributed by atoms with Crippen LogP contribution >= 0.6 is 31.9 Å². The van der Waals surface area contributed by atoms with E-state index in [1.807, 2.05) is 0 Å². The molecule has 0 radical (unpaired) electrons. The molecule has 0 unspecified atom stereocenters. The summed E-state index contributed by atoms with van der Waals surface area (Å²) < 4.78 is 28.0. The van der Waals surface area contributed by atoms with Gasteiger partial charge in [-0.2, -0.15) is 5.10 Å². The van der Waals surface area contributed by atoms with Gasteiger partial charge in [0.15, 0.2) is 0 Å². The highest BCUT2D eigenvalue weighted by molar-refractivity contribution is 9.13. The molecule has 0 aliphatic rings. The number of hydrogen-bond acceptors (Lipinski definition) is 2. The molecule has 0 fully saturated rings. The van der Waals surface area contributed by atoms with Crippen molar-refractivity contribution in [2.24, 2.45) is 0 Å². The minimum absolute atomic E-state index is 0.000602. The van der Waals surface area contributed by atoms with Gasteiger partial charge in [-0.25, -0.2) is 13.5 Å². The Labute approximate surface area is 118 Å². The Morgan fingerprint density at radius 1 is 1.17 bits per heavy atom. The molecule has 1 heterocycles. The van der Waals surface area contributed by atoms with Gasteiger partial charge in [0, 0.05) is 6.07 Å². The van der Waals surface area contributed by atoms with Crippen molar-refractivity contribution in [3.05, 3.63) is 60.9 Å². The summed E-state index contributed by atoms with van der Waals surface area (Å²) in [7, 11) is 0. The summed E-state index contributed by atoms with van der Waals surface area (Å²) in [6, 6.07) is 3.09. The first kappa shape index (κ1) is 13.4. The van der Waals surface area contributed by atoms with Gasteiger partial charge in [0.2, 0.25) is 0 Å². The molecule has 0 aliphatic heterocycles. The Morgan fingerprint density at radius 2 is 1.78 bits per heavy atom. The number of halogens is 4. The lowest BCUT2D eigenvalue weighted by Gasteiger charge is -2.06. The zero-order valence-corrected chi connectivity index (χ0v) is 12.0. The lowest BCUT2D eigenvalue weighted by atomic mass is 10.2. The van der Waals surface area contributed by atoms with E-state index in [1.54, 1.807) is 0 Å². The van der Waals surface area contributed by atoms with Crippen LogP contribution in [0.15, 0.2) is 38.1 Å². The largest absolute Gasteiger partial charge is 0.282 e. The van der Waals surface area contributed by atoms with E-state index in [0.717, 1.165) is 22.9 Å². The smallest absolute Gasteiger partial charge is 0.266 e. The van der Waals surface area contributed by atoms with Gasteiger partial charge in [-0.1, -0.05) is 0 Å². The van der Waals surface area contributed by atoms with Crippen molar-refractivity contribution in [1.29, 1.82) is 0 Å². The fourth-order valence-electron chi connectivity index (χ4n) is 1.43. The number of hydrogen-bond donors (Lipinski definition) is 0. The van der Waals surface area contributed by atoms with Crippen LogP contribution in [0.1, 0.15) is 5.56 Å². The van der Waals surface area contributed by atoms with Gasteiger partial charge in [-0.05, 0) is 49.6 Å². The third kappa shape index (κ3) is 2.84. The Hall–Kier alpha value is -1.08. The van der Waals surface area contributed by atoms with Gasteiger partial charge in [0.05, 0.1) is 17.2 Å². The maximum atomic E-state index is 13.0. The van der Waals surface area contributed by atoms with Crippen LogP contribution in [0.4, 0.5) is 8.78 Å². The van der Waals surface area contributed by atoms with Crippen molar-refractivity contribution in [2.75, 3.05) is 0 Å². The first-order chi connectivity index (χ1) is 8.47. The second kappa shape index (κ2) is 5.27. The van der Waals surface area contributed by atoms with Crippen LogP contribution in [0.2, 0.25) is 0 Å². The van der Waals surface area contributed by atoms with Crippen LogP contribution in [0.25, 0.3) is 0 Å². The molecular weight excluding hydrogens is 374 g/mol. The van der Waals surface area contributed by atoms with Gasteiger partial charge in [0.1, 0.15) is 16.1 Å². The van der Waals surface area contributed by atoms with Crippen LogP contribution in [0.3, 0.4) is 0 Å². The maximum absolute atomic E-state index is 13.0. The first-order valence-corrected chi connectivity index (χ1v) is 6.42. The highest BCUT2D eigenvalue weighted by Crippen LogP contribution is 2.17. The van der Waals surface area contributed by atoms with Crippen molar-refractivity contribution in [3.8, 4) is 0 Å². The molecule has 0 spiro atoms. The minimum atomic E-state index is -0.686. The van der Waals surface area contributed by atoms with E-state index < -0.39 is 11.6 Å². The summed E-state index contributed by atoms with van der Waals surface area (Å²) in [5.41, 5.74) is -0.0506. The molecule has 0 saturated carbocycles. The molecule has 0 atom stereocenters. The molecule has 0 N–H and O–H groups in total. The molecule has 1 aromatic heterocycles. The third-order valence-corrected chi connectivity index (χ3v) is 4.10. The molecular formula is C11H6Br2F2N2O. The second-order valence-electron chi connectivity index (χ2n) is 3.55. The Bertz CT molecular complexity index is 638. The number of rotatable bonds is 2. The van der Waals surface area contributed by atoms with Crippen LogP contribution < -0.4 is 5.56 Å². The van der Waals surface area contributed by atoms with Crippen LogP contribution in [0.5, 0.6) is 0 Å². The minimum Gasteiger partial charge on any atom is -0.266 e. The standard InChI is InChI=1S/C11H6Br2F2N2O/c12-9-4-16-17(11(18)10(9)13)5-6-1-7(14)3-8(15)2-6/h1-4H,5H2. The van der Waals surface area contributed by atoms with Crippen LogP contribution in [-0.4, -0.2) is 9.78 Å². The zero-order valence-electron chi connectivity index (χ0n) is 8.83. The van der Waals surface area contributed by atoms with Crippen molar-refractivity contribution in [3.63, 3.8) is 0 Å². The molecule has 7 heteroatoms. The fourth-order valence-corrected chi connectivity index (χ4v) is 2.00. The summed E-state index contributed by atoms with van der Waals surface area (Å²) in [6.07, 6.45) is 1.43. The lowest BCUT2D eigenvalue weighted by molar-refractivity contribution is 0.570. The van der Waals surface area contributed by atoms with E-state index in [4.69, 9.17) is 0 Å². The molecule has 3 nitrogen and oxygen atoms in total. The van der Waals surface area contributed by atoms with Crippen molar-refractivity contribution in [1.82, 2.24) is 9.78 Å².